The summed E-state index contributed by atoms with van der Waals surface area (Å²) in [4.78, 5) is 13.8. The number of ketones is 1. The van der Waals surface area contributed by atoms with E-state index < -0.39 is 0 Å². The van der Waals surface area contributed by atoms with Gasteiger partial charge in [-0.2, -0.15) is 0 Å². The molecule has 0 fully saturated rings. The lowest BCUT2D eigenvalue weighted by Crippen LogP contribution is -2.29. The van der Waals surface area contributed by atoms with E-state index in [1.54, 1.807) is 6.92 Å². The molecule has 0 aliphatic heterocycles. The number of carbonyl (C=O) groups excluding carboxylic acids is 1. The van der Waals surface area contributed by atoms with E-state index in [0.29, 0.717) is 6.04 Å². The Morgan fingerprint density at radius 2 is 2.12 bits per heavy atom. The van der Waals surface area contributed by atoms with Gasteiger partial charge in [0.15, 0.2) is 5.78 Å². The molecule has 0 saturated carbocycles. The normalized spacial score (nSPS) is 12.3. The maximum Gasteiger partial charge on any atom is 0.161 e. The summed E-state index contributed by atoms with van der Waals surface area (Å²) in [6.45, 7) is 5.98. The fourth-order valence-electron chi connectivity index (χ4n) is 1.94. The van der Waals surface area contributed by atoms with Gasteiger partial charge >= 0.3 is 0 Å². The van der Waals surface area contributed by atoms with Crippen LogP contribution in [0.1, 0.15) is 44.0 Å². The Labute approximate surface area is 112 Å². The second kappa shape index (κ2) is 6.20. The Bertz CT molecular complexity index is 403. The number of hydrogen-bond acceptors (Lipinski definition) is 2. The van der Waals surface area contributed by atoms with Gasteiger partial charge in [0, 0.05) is 28.8 Å². The van der Waals surface area contributed by atoms with Crippen LogP contribution in [0.5, 0.6) is 0 Å². The first kappa shape index (κ1) is 14.2. The summed E-state index contributed by atoms with van der Waals surface area (Å²) >= 11 is 3.46. The van der Waals surface area contributed by atoms with Crippen LogP contribution >= 0.6 is 15.9 Å². The average molecular weight is 298 g/mol. The van der Waals surface area contributed by atoms with Crippen LogP contribution in [0, 0.1) is 0 Å². The minimum absolute atomic E-state index is 0.114. The average Bonchev–Trinajstić information content (AvgIpc) is 2.27. The first-order valence-electron chi connectivity index (χ1n) is 6.00. The standard InChI is InChI=1S/C14H20BrNO/c1-5-6-10(2)16(4)14-9-12(15)7-8-13(14)11(3)17/h7-10H,5-6H2,1-4H3. The molecule has 0 aliphatic rings. The molecule has 1 aromatic carbocycles. The molecule has 17 heavy (non-hydrogen) atoms. The van der Waals surface area contributed by atoms with Crippen LogP contribution in [-0.2, 0) is 0 Å². The molecule has 1 unspecified atom stereocenters. The van der Waals surface area contributed by atoms with Gasteiger partial charge in [0.1, 0.15) is 0 Å². The van der Waals surface area contributed by atoms with Gasteiger partial charge in [0.2, 0.25) is 0 Å². The van der Waals surface area contributed by atoms with Crippen molar-refractivity contribution in [3.8, 4) is 0 Å². The zero-order valence-electron chi connectivity index (χ0n) is 11.0. The summed E-state index contributed by atoms with van der Waals surface area (Å²) in [5, 5.41) is 0. The van der Waals surface area contributed by atoms with Gasteiger partial charge in [0.05, 0.1) is 0 Å². The molecular weight excluding hydrogens is 278 g/mol. The highest BCUT2D eigenvalue weighted by Gasteiger charge is 2.15. The minimum Gasteiger partial charge on any atom is -0.371 e. The van der Waals surface area contributed by atoms with Crippen LogP contribution in [0.4, 0.5) is 5.69 Å². The predicted octanol–water partition coefficient (Wildman–Crippen LogP) is 4.28. The third kappa shape index (κ3) is 3.56. The number of rotatable bonds is 5. The van der Waals surface area contributed by atoms with Crippen molar-refractivity contribution in [3.05, 3.63) is 28.2 Å². The van der Waals surface area contributed by atoms with Crippen LogP contribution < -0.4 is 4.90 Å². The van der Waals surface area contributed by atoms with E-state index >= 15 is 0 Å². The third-order valence-electron chi connectivity index (χ3n) is 3.09. The lowest BCUT2D eigenvalue weighted by atomic mass is 10.1. The van der Waals surface area contributed by atoms with E-state index in [4.69, 9.17) is 0 Å². The quantitative estimate of drug-likeness (QED) is 0.756. The Morgan fingerprint density at radius 3 is 2.65 bits per heavy atom. The summed E-state index contributed by atoms with van der Waals surface area (Å²) in [6.07, 6.45) is 2.27. The van der Waals surface area contributed by atoms with Gasteiger partial charge < -0.3 is 4.90 Å². The molecule has 0 aliphatic carbocycles. The molecule has 0 spiro atoms. The molecule has 3 heteroatoms. The first-order valence-corrected chi connectivity index (χ1v) is 6.80. The molecule has 2 nitrogen and oxygen atoms in total. The molecule has 94 valence electrons. The number of benzene rings is 1. The molecule has 1 atom stereocenters. The zero-order chi connectivity index (χ0) is 13.0. The molecule has 0 bridgehead atoms. The highest BCUT2D eigenvalue weighted by Crippen LogP contribution is 2.27. The van der Waals surface area contributed by atoms with Gasteiger partial charge in [-0.25, -0.2) is 0 Å². The summed E-state index contributed by atoms with van der Waals surface area (Å²) < 4.78 is 1.01. The van der Waals surface area contributed by atoms with Gasteiger partial charge in [-0.1, -0.05) is 29.3 Å². The summed E-state index contributed by atoms with van der Waals surface area (Å²) in [7, 11) is 2.05. The van der Waals surface area contributed by atoms with Crippen molar-refractivity contribution in [2.24, 2.45) is 0 Å². The lowest BCUT2D eigenvalue weighted by Gasteiger charge is -2.28. The van der Waals surface area contributed by atoms with E-state index in [-0.39, 0.29) is 5.78 Å². The van der Waals surface area contributed by atoms with Crippen LogP contribution in [0.3, 0.4) is 0 Å². The second-order valence-corrected chi connectivity index (χ2v) is 5.38. The number of nitrogens with zero attached hydrogens (tertiary/aromatic N) is 1. The number of anilines is 1. The molecule has 0 N–H and O–H groups in total. The van der Waals surface area contributed by atoms with Crippen molar-refractivity contribution >= 4 is 27.4 Å². The van der Waals surface area contributed by atoms with Crippen LogP contribution in [0.2, 0.25) is 0 Å². The molecule has 1 rings (SSSR count). The van der Waals surface area contributed by atoms with E-state index in [2.05, 4.69) is 41.7 Å². The summed E-state index contributed by atoms with van der Waals surface area (Å²) in [5.74, 6) is 0.114. The minimum atomic E-state index is 0.114. The zero-order valence-corrected chi connectivity index (χ0v) is 12.5. The maximum atomic E-state index is 11.6. The van der Waals surface area contributed by atoms with Crippen molar-refractivity contribution in [1.29, 1.82) is 0 Å². The fraction of sp³-hybridized carbons (Fsp3) is 0.500. The largest absolute Gasteiger partial charge is 0.371 e. The van der Waals surface area contributed by atoms with Gasteiger partial charge in [-0.05, 0) is 38.5 Å². The lowest BCUT2D eigenvalue weighted by molar-refractivity contribution is 0.101. The van der Waals surface area contributed by atoms with E-state index in [9.17, 15) is 4.79 Å². The number of Topliss-reactive ketones (excluding diaryl/α,β-unsaturated/α-hetero) is 1. The van der Waals surface area contributed by atoms with Crippen molar-refractivity contribution in [2.75, 3.05) is 11.9 Å². The van der Waals surface area contributed by atoms with Gasteiger partial charge in [-0.15, -0.1) is 0 Å². The Balaban J connectivity index is 3.10. The van der Waals surface area contributed by atoms with Gasteiger partial charge in [0.25, 0.3) is 0 Å². The fourth-order valence-corrected chi connectivity index (χ4v) is 2.29. The predicted molar refractivity (Wildman–Crippen MR) is 76.9 cm³/mol. The van der Waals surface area contributed by atoms with E-state index in [1.807, 2.05) is 18.2 Å². The molecule has 0 radical (unpaired) electrons. The maximum absolute atomic E-state index is 11.6. The van der Waals surface area contributed by atoms with E-state index in [0.717, 1.165) is 28.6 Å². The smallest absolute Gasteiger partial charge is 0.161 e. The van der Waals surface area contributed by atoms with Gasteiger partial charge in [-0.3, -0.25) is 4.79 Å². The summed E-state index contributed by atoms with van der Waals surface area (Å²) in [6, 6.07) is 6.26. The van der Waals surface area contributed by atoms with E-state index in [1.165, 1.54) is 0 Å². The third-order valence-corrected chi connectivity index (χ3v) is 3.58. The first-order chi connectivity index (χ1) is 7.97. The monoisotopic (exact) mass is 297 g/mol. The highest BCUT2D eigenvalue weighted by atomic mass is 79.9. The van der Waals surface area contributed by atoms with Crippen molar-refractivity contribution in [3.63, 3.8) is 0 Å². The van der Waals surface area contributed by atoms with Crippen molar-refractivity contribution < 1.29 is 4.79 Å². The topological polar surface area (TPSA) is 20.3 Å². The number of hydrogen-bond donors (Lipinski definition) is 0. The molecule has 0 amide bonds. The van der Waals surface area contributed by atoms with Crippen molar-refractivity contribution in [1.82, 2.24) is 0 Å². The number of halogens is 1. The van der Waals surface area contributed by atoms with Crippen molar-refractivity contribution in [2.45, 2.75) is 39.7 Å². The number of carbonyl (C=O) groups is 1. The SMILES string of the molecule is CCCC(C)N(C)c1cc(Br)ccc1C(C)=O. The molecular formula is C14H20BrNO. The van der Waals surface area contributed by atoms with Crippen LogP contribution in [0.25, 0.3) is 0 Å². The highest BCUT2D eigenvalue weighted by molar-refractivity contribution is 9.10. The molecule has 1 aromatic rings. The Hall–Kier alpha value is -0.830. The Kier molecular flexibility index (Phi) is 5.19. The molecule has 0 heterocycles. The van der Waals surface area contributed by atoms with Crippen LogP contribution in [0.15, 0.2) is 22.7 Å². The Morgan fingerprint density at radius 1 is 1.47 bits per heavy atom. The molecule has 0 saturated heterocycles. The van der Waals surface area contributed by atoms with Crippen LogP contribution in [-0.4, -0.2) is 18.9 Å². The second-order valence-electron chi connectivity index (χ2n) is 4.47. The molecule has 0 aromatic heterocycles. The summed E-state index contributed by atoms with van der Waals surface area (Å²) in [5.41, 5.74) is 1.80.